The summed E-state index contributed by atoms with van der Waals surface area (Å²) in [5.74, 6) is 0. The lowest BCUT2D eigenvalue weighted by atomic mass is 10.2. The molecule has 2 N–H and O–H groups in total. The van der Waals surface area contributed by atoms with Crippen LogP contribution in [0.15, 0.2) is 29.6 Å². The van der Waals surface area contributed by atoms with Gasteiger partial charge in [-0.1, -0.05) is 12.1 Å². The van der Waals surface area contributed by atoms with Crippen molar-refractivity contribution in [2.24, 2.45) is 5.73 Å². The third-order valence-corrected chi connectivity index (χ3v) is 3.52. The van der Waals surface area contributed by atoms with Crippen LogP contribution in [-0.4, -0.2) is 11.5 Å². The Morgan fingerprint density at radius 1 is 1.41 bits per heavy atom. The molecule has 0 aliphatic rings. The molecule has 0 aliphatic heterocycles. The van der Waals surface area contributed by atoms with E-state index in [1.165, 1.54) is 11.3 Å². The summed E-state index contributed by atoms with van der Waals surface area (Å²) < 4.78 is 0. The highest BCUT2D eigenvalue weighted by atomic mass is 32.1. The number of anilines is 2. The van der Waals surface area contributed by atoms with Crippen molar-refractivity contribution in [2.45, 2.75) is 20.4 Å². The van der Waals surface area contributed by atoms with E-state index in [4.69, 9.17) is 5.73 Å². The van der Waals surface area contributed by atoms with Crippen molar-refractivity contribution in [1.82, 2.24) is 4.98 Å². The zero-order valence-corrected chi connectivity index (χ0v) is 11.0. The Morgan fingerprint density at radius 2 is 2.24 bits per heavy atom. The zero-order valence-electron chi connectivity index (χ0n) is 10.2. The van der Waals surface area contributed by atoms with E-state index in [2.05, 4.69) is 48.0 Å². The molecule has 1 aromatic heterocycles. The molecule has 2 aromatic rings. The minimum absolute atomic E-state index is 0.502. The number of hydrogen-bond acceptors (Lipinski definition) is 4. The number of benzene rings is 1. The molecule has 2 rings (SSSR count). The van der Waals surface area contributed by atoms with Crippen molar-refractivity contribution in [2.75, 3.05) is 11.4 Å². The lowest BCUT2D eigenvalue weighted by Crippen LogP contribution is -2.16. The Morgan fingerprint density at radius 3 is 2.82 bits per heavy atom. The quantitative estimate of drug-likeness (QED) is 0.903. The van der Waals surface area contributed by atoms with Gasteiger partial charge in [-0.05, 0) is 31.5 Å². The molecule has 0 saturated heterocycles. The Kier molecular flexibility index (Phi) is 3.76. The lowest BCUT2D eigenvalue weighted by molar-refractivity contribution is 0.967. The molecule has 0 saturated carbocycles. The van der Waals surface area contributed by atoms with Gasteiger partial charge < -0.3 is 10.6 Å². The molecule has 0 aliphatic carbocycles. The summed E-state index contributed by atoms with van der Waals surface area (Å²) in [7, 11) is 0. The van der Waals surface area contributed by atoms with E-state index >= 15 is 0 Å². The van der Waals surface area contributed by atoms with Crippen molar-refractivity contribution in [1.29, 1.82) is 0 Å². The second-order valence-corrected chi connectivity index (χ2v) is 4.75. The van der Waals surface area contributed by atoms with Crippen LogP contribution in [0.25, 0.3) is 0 Å². The normalized spacial score (nSPS) is 10.5. The van der Waals surface area contributed by atoms with Crippen LogP contribution in [0.5, 0.6) is 0 Å². The Labute approximate surface area is 106 Å². The van der Waals surface area contributed by atoms with E-state index in [0.29, 0.717) is 6.54 Å². The molecule has 3 nitrogen and oxygen atoms in total. The van der Waals surface area contributed by atoms with Gasteiger partial charge in [0.05, 0.1) is 5.69 Å². The van der Waals surface area contributed by atoms with Gasteiger partial charge in [0.2, 0.25) is 0 Å². The number of aryl methyl sites for hydroxylation is 1. The second kappa shape index (κ2) is 5.29. The van der Waals surface area contributed by atoms with Crippen LogP contribution in [0.3, 0.4) is 0 Å². The van der Waals surface area contributed by atoms with Crippen molar-refractivity contribution < 1.29 is 0 Å². The number of nitrogens with two attached hydrogens (primary N) is 1. The molecule has 0 unspecified atom stereocenters. The Hall–Kier alpha value is -1.39. The summed E-state index contributed by atoms with van der Waals surface area (Å²) in [6.07, 6.45) is 0. The summed E-state index contributed by atoms with van der Waals surface area (Å²) in [5, 5.41) is 3.03. The maximum Gasteiger partial charge on any atom is 0.190 e. The first-order chi connectivity index (χ1) is 8.24. The van der Waals surface area contributed by atoms with Gasteiger partial charge in [0.1, 0.15) is 0 Å². The van der Waals surface area contributed by atoms with Gasteiger partial charge in [-0.25, -0.2) is 4.98 Å². The molecule has 0 atom stereocenters. The van der Waals surface area contributed by atoms with E-state index in [0.717, 1.165) is 17.4 Å². The molecular formula is C13H17N3S. The van der Waals surface area contributed by atoms with E-state index in [9.17, 15) is 0 Å². The lowest BCUT2D eigenvalue weighted by Gasteiger charge is -2.20. The van der Waals surface area contributed by atoms with Gasteiger partial charge in [0, 0.05) is 24.2 Å². The highest BCUT2D eigenvalue weighted by Crippen LogP contribution is 2.28. The smallest absolute Gasteiger partial charge is 0.190 e. The number of hydrogen-bond donors (Lipinski definition) is 1. The first kappa shape index (κ1) is 12.1. The summed E-state index contributed by atoms with van der Waals surface area (Å²) in [6.45, 7) is 5.64. The summed E-state index contributed by atoms with van der Waals surface area (Å²) in [6, 6.07) is 8.46. The minimum Gasteiger partial charge on any atom is -0.325 e. The number of aromatic nitrogens is 1. The maximum absolute atomic E-state index is 5.59. The SMILES string of the molecule is CCN(c1cccc(C)c1)c1nc(CN)cs1. The minimum atomic E-state index is 0.502. The zero-order chi connectivity index (χ0) is 12.3. The van der Waals surface area contributed by atoms with Gasteiger partial charge in [0.25, 0.3) is 0 Å². The van der Waals surface area contributed by atoms with Gasteiger partial charge in [-0.15, -0.1) is 11.3 Å². The molecule has 0 fully saturated rings. The monoisotopic (exact) mass is 247 g/mol. The average molecular weight is 247 g/mol. The Bertz CT molecular complexity index is 493. The van der Waals surface area contributed by atoms with Crippen LogP contribution in [0.2, 0.25) is 0 Å². The number of rotatable bonds is 4. The topological polar surface area (TPSA) is 42.2 Å². The van der Waals surface area contributed by atoms with E-state index in [1.54, 1.807) is 11.3 Å². The number of nitrogens with zero attached hydrogens (tertiary/aromatic N) is 2. The first-order valence-corrected chi connectivity index (χ1v) is 6.61. The van der Waals surface area contributed by atoms with Gasteiger partial charge in [-0.3, -0.25) is 0 Å². The van der Waals surface area contributed by atoms with E-state index in [-0.39, 0.29) is 0 Å². The molecule has 1 heterocycles. The van der Waals surface area contributed by atoms with E-state index in [1.807, 2.05) is 5.38 Å². The van der Waals surface area contributed by atoms with Gasteiger partial charge in [-0.2, -0.15) is 0 Å². The summed E-state index contributed by atoms with van der Waals surface area (Å²) >= 11 is 1.64. The first-order valence-electron chi connectivity index (χ1n) is 5.73. The largest absolute Gasteiger partial charge is 0.325 e. The van der Waals surface area contributed by atoms with Gasteiger partial charge in [0.15, 0.2) is 5.13 Å². The van der Waals surface area contributed by atoms with Crippen LogP contribution >= 0.6 is 11.3 Å². The number of thiazole rings is 1. The van der Waals surface area contributed by atoms with Crippen molar-refractivity contribution >= 4 is 22.2 Å². The van der Waals surface area contributed by atoms with Crippen molar-refractivity contribution in [3.8, 4) is 0 Å². The summed E-state index contributed by atoms with van der Waals surface area (Å²) in [4.78, 5) is 6.73. The van der Waals surface area contributed by atoms with Crippen LogP contribution in [0, 0.1) is 6.92 Å². The Balaban J connectivity index is 2.33. The predicted molar refractivity (Wildman–Crippen MR) is 73.9 cm³/mol. The van der Waals surface area contributed by atoms with Crippen molar-refractivity contribution in [3.63, 3.8) is 0 Å². The van der Waals surface area contributed by atoms with Crippen LogP contribution in [0.1, 0.15) is 18.2 Å². The maximum atomic E-state index is 5.59. The van der Waals surface area contributed by atoms with Crippen LogP contribution < -0.4 is 10.6 Å². The van der Waals surface area contributed by atoms with Crippen LogP contribution in [0.4, 0.5) is 10.8 Å². The van der Waals surface area contributed by atoms with Gasteiger partial charge >= 0.3 is 0 Å². The molecule has 17 heavy (non-hydrogen) atoms. The second-order valence-electron chi connectivity index (χ2n) is 3.91. The third kappa shape index (κ3) is 2.65. The molecule has 1 aromatic carbocycles. The molecule has 4 heteroatoms. The third-order valence-electron chi connectivity index (χ3n) is 2.61. The fraction of sp³-hybridized carbons (Fsp3) is 0.308. The average Bonchev–Trinajstić information content (AvgIpc) is 2.79. The highest BCUT2D eigenvalue weighted by molar-refractivity contribution is 7.13. The van der Waals surface area contributed by atoms with E-state index < -0.39 is 0 Å². The molecule has 0 amide bonds. The molecular weight excluding hydrogens is 230 g/mol. The molecule has 0 radical (unpaired) electrons. The fourth-order valence-electron chi connectivity index (χ4n) is 1.74. The molecule has 0 spiro atoms. The fourth-order valence-corrected chi connectivity index (χ4v) is 2.66. The predicted octanol–water partition coefficient (Wildman–Crippen LogP) is 3.07. The van der Waals surface area contributed by atoms with Crippen LogP contribution in [-0.2, 0) is 6.54 Å². The standard InChI is InChI=1S/C13H17N3S/c1-3-16(12-6-4-5-10(2)7-12)13-15-11(8-14)9-17-13/h4-7,9H,3,8,14H2,1-2H3. The molecule has 0 bridgehead atoms. The highest BCUT2D eigenvalue weighted by Gasteiger charge is 2.11. The van der Waals surface area contributed by atoms with Crippen molar-refractivity contribution in [3.05, 3.63) is 40.9 Å². The molecule has 90 valence electrons. The summed E-state index contributed by atoms with van der Waals surface area (Å²) in [5.41, 5.74) is 8.99.